The van der Waals surface area contributed by atoms with Crippen molar-refractivity contribution in [1.82, 2.24) is 0 Å². The summed E-state index contributed by atoms with van der Waals surface area (Å²) >= 11 is 8.94. The molecule has 0 radical (unpaired) electrons. The van der Waals surface area contributed by atoms with Gasteiger partial charge in [-0.1, -0.05) is 31.5 Å². The molecule has 1 nitrogen and oxygen atoms in total. The zero-order valence-electron chi connectivity index (χ0n) is 9.10. The largest absolute Gasteiger partial charge is 0.388 e. The number of rotatable bonds is 2. The molecule has 1 saturated carbocycles. The van der Waals surface area contributed by atoms with Crippen molar-refractivity contribution in [2.24, 2.45) is 11.3 Å². The molecule has 0 spiro atoms. The van der Waals surface area contributed by atoms with Gasteiger partial charge in [-0.15, -0.1) is 0 Å². The van der Waals surface area contributed by atoms with Gasteiger partial charge in [-0.05, 0) is 39.8 Å². The summed E-state index contributed by atoms with van der Waals surface area (Å²) in [5.74, 6) is -0.398. The van der Waals surface area contributed by atoms with E-state index in [0.29, 0.717) is 10.0 Å². The third kappa shape index (κ3) is 2.01. The average Bonchev–Trinajstić information content (AvgIpc) is 2.84. The molecule has 0 aromatic heterocycles. The molecule has 88 valence electrons. The van der Waals surface area contributed by atoms with E-state index in [0.717, 1.165) is 6.42 Å². The monoisotopic (exact) mass is 306 g/mol. The molecule has 1 fully saturated rings. The van der Waals surface area contributed by atoms with E-state index in [2.05, 4.69) is 29.8 Å². The third-order valence-electron chi connectivity index (χ3n) is 3.35. The standard InChI is InChI=1S/C12H13BrClFO/c1-12(2)5-7(12)11(16)6-3-4-8(13)9(14)10(6)15/h3-4,7,11,16H,5H2,1-2H3. The number of hydrogen-bond donors (Lipinski definition) is 1. The second-order valence-corrected chi connectivity index (χ2v) is 6.24. The summed E-state index contributed by atoms with van der Waals surface area (Å²) in [4.78, 5) is 0. The molecule has 16 heavy (non-hydrogen) atoms. The number of aliphatic hydroxyl groups excluding tert-OH is 1. The SMILES string of the molecule is CC1(C)CC1C(O)c1ccc(Br)c(Cl)c1F. The molecule has 2 atom stereocenters. The fourth-order valence-corrected chi connectivity index (χ4v) is 2.51. The Bertz CT molecular complexity index is 433. The van der Waals surface area contributed by atoms with E-state index < -0.39 is 11.9 Å². The van der Waals surface area contributed by atoms with Crippen LogP contribution in [0.2, 0.25) is 5.02 Å². The molecule has 1 N–H and O–H groups in total. The van der Waals surface area contributed by atoms with Gasteiger partial charge >= 0.3 is 0 Å². The van der Waals surface area contributed by atoms with E-state index in [9.17, 15) is 9.50 Å². The van der Waals surface area contributed by atoms with E-state index in [1.54, 1.807) is 12.1 Å². The second-order valence-electron chi connectivity index (χ2n) is 5.01. The molecule has 0 amide bonds. The molecule has 0 bridgehead atoms. The zero-order valence-corrected chi connectivity index (χ0v) is 11.4. The topological polar surface area (TPSA) is 20.2 Å². The second kappa shape index (κ2) is 3.97. The Kier molecular flexibility index (Phi) is 3.06. The average molecular weight is 308 g/mol. The number of aliphatic hydroxyl groups is 1. The normalized spacial score (nSPS) is 24.2. The van der Waals surface area contributed by atoms with Crippen molar-refractivity contribution in [3.63, 3.8) is 0 Å². The van der Waals surface area contributed by atoms with Gasteiger partial charge < -0.3 is 5.11 Å². The van der Waals surface area contributed by atoms with Gasteiger partial charge in [0.1, 0.15) is 5.82 Å². The molecular weight excluding hydrogens is 294 g/mol. The van der Waals surface area contributed by atoms with Crippen LogP contribution in [-0.4, -0.2) is 5.11 Å². The summed E-state index contributed by atoms with van der Waals surface area (Å²) in [6.07, 6.45) is 0.155. The highest BCUT2D eigenvalue weighted by Crippen LogP contribution is 2.58. The summed E-state index contributed by atoms with van der Waals surface area (Å²) in [5.41, 5.74) is 0.398. The van der Waals surface area contributed by atoms with E-state index in [1.807, 2.05) is 0 Å². The summed E-state index contributed by atoms with van der Waals surface area (Å²) in [5, 5.41) is 10.1. The van der Waals surface area contributed by atoms with Crippen molar-refractivity contribution in [3.05, 3.63) is 33.0 Å². The van der Waals surface area contributed by atoms with Crippen molar-refractivity contribution in [1.29, 1.82) is 0 Å². The molecule has 4 heteroatoms. The summed E-state index contributed by atoms with van der Waals surface area (Å²) in [6, 6.07) is 3.25. The molecule has 1 aromatic rings. The van der Waals surface area contributed by atoms with Crippen LogP contribution in [0.5, 0.6) is 0 Å². The fraction of sp³-hybridized carbons (Fsp3) is 0.500. The first-order valence-corrected chi connectivity index (χ1v) is 6.33. The van der Waals surface area contributed by atoms with Crippen LogP contribution in [0.4, 0.5) is 4.39 Å². The minimum Gasteiger partial charge on any atom is -0.388 e. The van der Waals surface area contributed by atoms with Crippen molar-refractivity contribution in [3.8, 4) is 0 Å². The lowest BCUT2D eigenvalue weighted by Crippen LogP contribution is -2.07. The predicted molar refractivity (Wildman–Crippen MR) is 66.0 cm³/mol. The minimum atomic E-state index is -0.763. The van der Waals surface area contributed by atoms with Gasteiger partial charge in [0.15, 0.2) is 0 Å². The molecule has 0 aliphatic heterocycles. The lowest BCUT2D eigenvalue weighted by atomic mass is 9.99. The highest BCUT2D eigenvalue weighted by Gasteiger charge is 2.50. The first-order chi connectivity index (χ1) is 7.34. The van der Waals surface area contributed by atoms with E-state index >= 15 is 0 Å². The van der Waals surface area contributed by atoms with Gasteiger partial charge in [0.25, 0.3) is 0 Å². The predicted octanol–water partition coefficient (Wildman–Crippen LogP) is 4.32. The summed E-state index contributed by atoms with van der Waals surface area (Å²) in [7, 11) is 0. The fourth-order valence-electron chi connectivity index (χ4n) is 2.03. The first-order valence-electron chi connectivity index (χ1n) is 5.16. The van der Waals surface area contributed by atoms with Crippen LogP contribution in [0, 0.1) is 17.2 Å². The quantitative estimate of drug-likeness (QED) is 0.807. The molecule has 2 unspecified atom stereocenters. The number of halogens is 3. The van der Waals surface area contributed by atoms with Gasteiger partial charge in [0.05, 0.1) is 11.1 Å². The first kappa shape index (κ1) is 12.3. The highest BCUT2D eigenvalue weighted by atomic mass is 79.9. The van der Waals surface area contributed by atoms with Crippen LogP contribution in [-0.2, 0) is 0 Å². The molecular formula is C12H13BrClFO. The van der Waals surface area contributed by atoms with Crippen LogP contribution in [0.1, 0.15) is 31.9 Å². The van der Waals surface area contributed by atoms with E-state index in [4.69, 9.17) is 11.6 Å². The molecule has 0 heterocycles. The van der Waals surface area contributed by atoms with Gasteiger partial charge in [-0.3, -0.25) is 0 Å². The minimum absolute atomic E-state index is 0.0370. The molecule has 1 aliphatic carbocycles. The highest BCUT2D eigenvalue weighted by molar-refractivity contribution is 9.10. The van der Waals surface area contributed by atoms with Gasteiger partial charge in [-0.25, -0.2) is 4.39 Å². The van der Waals surface area contributed by atoms with E-state index in [-0.39, 0.29) is 16.4 Å². The maximum atomic E-state index is 13.8. The van der Waals surface area contributed by atoms with Gasteiger partial charge in [0.2, 0.25) is 0 Å². The Morgan fingerprint density at radius 3 is 2.62 bits per heavy atom. The van der Waals surface area contributed by atoms with Crippen molar-refractivity contribution in [2.45, 2.75) is 26.4 Å². The lowest BCUT2D eigenvalue weighted by molar-refractivity contribution is 0.134. The summed E-state index contributed by atoms with van der Waals surface area (Å²) < 4.78 is 14.3. The number of benzene rings is 1. The van der Waals surface area contributed by atoms with Crippen LogP contribution < -0.4 is 0 Å². The zero-order chi connectivity index (χ0) is 12.1. The Labute approximate surface area is 108 Å². The smallest absolute Gasteiger partial charge is 0.148 e. The third-order valence-corrected chi connectivity index (χ3v) is 4.61. The van der Waals surface area contributed by atoms with Crippen LogP contribution in [0.3, 0.4) is 0 Å². The molecule has 1 aliphatic rings. The number of hydrogen-bond acceptors (Lipinski definition) is 1. The van der Waals surface area contributed by atoms with Crippen LogP contribution in [0.15, 0.2) is 16.6 Å². The van der Waals surface area contributed by atoms with Crippen LogP contribution in [0.25, 0.3) is 0 Å². The van der Waals surface area contributed by atoms with Gasteiger partial charge in [-0.2, -0.15) is 0 Å². The maximum absolute atomic E-state index is 13.8. The van der Waals surface area contributed by atoms with Gasteiger partial charge in [0, 0.05) is 10.0 Å². The van der Waals surface area contributed by atoms with Crippen molar-refractivity contribution >= 4 is 27.5 Å². The Morgan fingerprint density at radius 1 is 1.56 bits per heavy atom. The Balaban J connectivity index is 2.32. The molecule has 1 aromatic carbocycles. The van der Waals surface area contributed by atoms with Crippen LogP contribution >= 0.6 is 27.5 Å². The Morgan fingerprint density at radius 2 is 2.12 bits per heavy atom. The summed E-state index contributed by atoms with van der Waals surface area (Å²) in [6.45, 7) is 4.14. The van der Waals surface area contributed by atoms with Crippen molar-refractivity contribution in [2.75, 3.05) is 0 Å². The molecule has 2 rings (SSSR count). The lowest BCUT2D eigenvalue weighted by Gasteiger charge is -2.14. The molecule has 0 saturated heterocycles. The van der Waals surface area contributed by atoms with Crippen molar-refractivity contribution < 1.29 is 9.50 Å². The maximum Gasteiger partial charge on any atom is 0.148 e. The Hall–Kier alpha value is -0.120. The van der Waals surface area contributed by atoms with E-state index in [1.165, 1.54) is 0 Å².